The number of carbonyl (C=O) groups excluding carboxylic acids is 1. The minimum absolute atomic E-state index is 0.0603. The smallest absolute Gasteiger partial charge is 0.311 e. The van der Waals surface area contributed by atoms with E-state index in [1.54, 1.807) is 0 Å². The maximum Gasteiger partial charge on any atom is 0.311 e. The number of carboxylic acid groups (broad SMARTS) is 1. The van der Waals surface area contributed by atoms with Gasteiger partial charge in [0.25, 0.3) is 0 Å². The molecule has 1 amide bonds. The van der Waals surface area contributed by atoms with Crippen LogP contribution in [-0.4, -0.2) is 49.1 Å². The fourth-order valence-electron chi connectivity index (χ4n) is 2.38. The molecule has 1 fully saturated rings. The summed E-state index contributed by atoms with van der Waals surface area (Å²) in [6.07, 6.45) is 4.76. The second kappa shape index (κ2) is 6.73. The molecule has 104 valence electrons. The second-order valence-electron chi connectivity index (χ2n) is 5.48. The SMILES string of the molecule is CN(C)CCC(=O)NCC1(C(=O)O)CCCCC1. The molecule has 18 heavy (non-hydrogen) atoms. The standard InChI is InChI=1S/C13H24N2O3/c1-15(2)9-6-11(16)14-10-13(12(17)18)7-4-3-5-8-13/h3-10H2,1-2H3,(H,14,16)(H,17,18). The van der Waals surface area contributed by atoms with Gasteiger partial charge in [-0.1, -0.05) is 19.3 Å². The molecule has 2 N–H and O–H groups in total. The molecule has 0 radical (unpaired) electrons. The van der Waals surface area contributed by atoms with Gasteiger partial charge in [0, 0.05) is 19.5 Å². The maximum atomic E-state index is 11.6. The highest BCUT2D eigenvalue weighted by Crippen LogP contribution is 2.35. The van der Waals surface area contributed by atoms with E-state index in [0.29, 0.717) is 25.8 Å². The van der Waals surface area contributed by atoms with Crippen molar-refractivity contribution in [2.45, 2.75) is 38.5 Å². The van der Waals surface area contributed by atoms with Gasteiger partial charge in [-0.25, -0.2) is 0 Å². The quantitative estimate of drug-likeness (QED) is 0.746. The summed E-state index contributed by atoms with van der Waals surface area (Å²) in [7, 11) is 3.82. The molecule has 1 saturated carbocycles. The fraction of sp³-hybridized carbons (Fsp3) is 0.846. The van der Waals surface area contributed by atoms with E-state index in [-0.39, 0.29) is 12.5 Å². The Morgan fingerprint density at radius 3 is 2.33 bits per heavy atom. The van der Waals surface area contributed by atoms with Gasteiger partial charge in [0.05, 0.1) is 5.41 Å². The van der Waals surface area contributed by atoms with Crippen LogP contribution in [0.2, 0.25) is 0 Å². The van der Waals surface area contributed by atoms with Crippen LogP contribution >= 0.6 is 0 Å². The minimum atomic E-state index is -0.768. The molecule has 1 aliphatic rings. The average Bonchev–Trinajstić information content (AvgIpc) is 2.34. The molecule has 5 heteroatoms. The van der Waals surface area contributed by atoms with Gasteiger partial charge in [-0.05, 0) is 26.9 Å². The third-order valence-corrected chi connectivity index (χ3v) is 3.67. The Balaban J connectivity index is 2.42. The lowest BCUT2D eigenvalue weighted by molar-refractivity contribution is -0.151. The number of carbonyl (C=O) groups is 2. The van der Waals surface area contributed by atoms with Crippen LogP contribution in [0.5, 0.6) is 0 Å². The summed E-state index contributed by atoms with van der Waals surface area (Å²) in [5.74, 6) is -0.829. The van der Waals surface area contributed by atoms with Gasteiger partial charge in [0.1, 0.15) is 0 Å². The van der Waals surface area contributed by atoms with Crippen molar-refractivity contribution in [1.29, 1.82) is 0 Å². The Bertz CT molecular complexity index is 297. The number of carboxylic acids is 1. The Morgan fingerprint density at radius 1 is 1.22 bits per heavy atom. The molecule has 0 aliphatic heterocycles. The first kappa shape index (κ1) is 15.0. The van der Waals surface area contributed by atoms with Crippen LogP contribution in [0.4, 0.5) is 0 Å². The Morgan fingerprint density at radius 2 is 1.83 bits per heavy atom. The van der Waals surface area contributed by atoms with Crippen molar-refractivity contribution < 1.29 is 14.7 Å². The predicted molar refractivity (Wildman–Crippen MR) is 69.3 cm³/mol. The molecular formula is C13H24N2O3. The van der Waals surface area contributed by atoms with Crippen LogP contribution in [-0.2, 0) is 9.59 Å². The number of aliphatic carboxylic acids is 1. The molecule has 0 aromatic rings. The number of nitrogens with zero attached hydrogens (tertiary/aromatic N) is 1. The first-order chi connectivity index (χ1) is 8.46. The van der Waals surface area contributed by atoms with E-state index in [1.165, 1.54) is 0 Å². The van der Waals surface area contributed by atoms with Crippen molar-refractivity contribution in [3.63, 3.8) is 0 Å². The summed E-state index contributed by atoms with van der Waals surface area (Å²) in [4.78, 5) is 25.0. The van der Waals surface area contributed by atoms with Crippen LogP contribution in [0.3, 0.4) is 0 Å². The Hall–Kier alpha value is -1.10. The first-order valence-electron chi connectivity index (χ1n) is 6.61. The van der Waals surface area contributed by atoms with Crippen LogP contribution in [0, 0.1) is 5.41 Å². The topological polar surface area (TPSA) is 69.6 Å². The maximum absolute atomic E-state index is 11.6. The number of amides is 1. The van der Waals surface area contributed by atoms with Crippen molar-refractivity contribution in [2.75, 3.05) is 27.2 Å². The summed E-state index contributed by atoms with van der Waals surface area (Å²) in [6, 6.07) is 0. The third kappa shape index (κ3) is 4.29. The zero-order valence-electron chi connectivity index (χ0n) is 11.4. The van der Waals surface area contributed by atoms with Gasteiger partial charge in [-0.2, -0.15) is 0 Å². The molecule has 0 atom stereocenters. The first-order valence-corrected chi connectivity index (χ1v) is 6.61. The number of nitrogens with one attached hydrogen (secondary N) is 1. The van der Waals surface area contributed by atoms with Gasteiger partial charge in [-0.3, -0.25) is 9.59 Å². The van der Waals surface area contributed by atoms with Crippen molar-refractivity contribution in [3.05, 3.63) is 0 Å². The molecule has 1 rings (SSSR count). The lowest BCUT2D eigenvalue weighted by Gasteiger charge is -2.33. The summed E-state index contributed by atoms with van der Waals surface area (Å²) in [5.41, 5.74) is -0.730. The molecule has 0 bridgehead atoms. The van der Waals surface area contributed by atoms with E-state index in [9.17, 15) is 14.7 Å². The molecule has 0 spiro atoms. The van der Waals surface area contributed by atoms with E-state index in [0.717, 1.165) is 19.3 Å². The van der Waals surface area contributed by atoms with E-state index in [1.807, 2.05) is 19.0 Å². The largest absolute Gasteiger partial charge is 0.481 e. The third-order valence-electron chi connectivity index (χ3n) is 3.67. The second-order valence-corrected chi connectivity index (χ2v) is 5.48. The zero-order chi connectivity index (χ0) is 13.6. The molecule has 5 nitrogen and oxygen atoms in total. The summed E-state index contributed by atoms with van der Waals surface area (Å²) in [5, 5.41) is 12.1. The fourth-order valence-corrected chi connectivity index (χ4v) is 2.38. The normalized spacial score (nSPS) is 18.6. The summed E-state index contributed by atoms with van der Waals surface area (Å²) < 4.78 is 0. The van der Waals surface area contributed by atoms with Crippen LogP contribution < -0.4 is 5.32 Å². The van der Waals surface area contributed by atoms with Gasteiger partial charge in [-0.15, -0.1) is 0 Å². The molecular weight excluding hydrogens is 232 g/mol. The molecule has 0 aromatic heterocycles. The molecule has 1 aliphatic carbocycles. The summed E-state index contributed by atoms with van der Waals surface area (Å²) >= 11 is 0. The van der Waals surface area contributed by atoms with Crippen molar-refractivity contribution >= 4 is 11.9 Å². The van der Waals surface area contributed by atoms with Crippen LogP contribution in [0.25, 0.3) is 0 Å². The molecule has 0 unspecified atom stereocenters. The molecule has 0 heterocycles. The monoisotopic (exact) mass is 256 g/mol. The summed E-state index contributed by atoms with van der Waals surface area (Å²) in [6.45, 7) is 0.959. The van der Waals surface area contributed by atoms with Crippen molar-refractivity contribution in [3.8, 4) is 0 Å². The number of hydrogen-bond acceptors (Lipinski definition) is 3. The molecule has 0 aromatic carbocycles. The van der Waals surface area contributed by atoms with E-state index in [2.05, 4.69) is 5.32 Å². The minimum Gasteiger partial charge on any atom is -0.481 e. The highest BCUT2D eigenvalue weighted by molar-refractivity contribution is 5.79. The Kier molecular flexibility index (Phi) is 5.59. The highest BCUT2D eigenvalue weighted by atomic mass is 16.4. The van der Waals surface area contributed by atoms with Gasteiger partial charge in [0.15, 0.2) is 0 Å². The number of hydrogen-bond donors (Lipinski definition) is 2. The number of rotatable bonds is 6. The van der Waals surface area contributed by atoms with Crippen molar-refractivity contribution in [1.82, 2.24) is 10.2 Å². The lowest BCUT2D eigenvalue weighted by atomic mass is 9.74. The highest BCUT2D eigenvalue weighted by Gasteiger charge is 2.39. The van der Waals surface area contributed by atoms with E-state index < -0.39 is 11.4 Å². The van der Waals surface area contributed by atoms with Crippen LogP contribution in [0.1, 0.15) is 38.5 Å². The van der Waals surface area contributed by atoms with Gasteiger partial charge < -0.3 is 15.3 Å². The lowest BCUT2D eigenvalue weighted by Crippen LogP contribution is -2.44. The van der Waals surface area contributed by atoms with E-state index >= 15 is 0 Å². The van der Waals surface area contributed by atoms with Crippen molar-refractivity contribution in [2.24, 2.45) is 5.41 Å². The molecule has 0 saturated heterocycles. The Labute approximate surface area is 109 Å². The van der Waals surface area contributed by atoms with Gasteiger partial charge in [0.2, 0.25) is 5.91 Å². The average molecular weight is 256 g/mol. The van der Waals surface area contributed by atoms with E-state index in [4.69, 9.17) is 0 Å². The zero-order valence-corrected chi connectivity index (χ0v) is 11.4. The predicted octanol–water partition coefficient (Wildman–Crippen LogP) is 1.09. The van der Waals surface area contributed by atoms with Crippen LogP contribution in [0.15, 0.2) is 0 Å². The van der Waals surface area contributed by atoms with Gasteiger partial charge >= 0.3 is 5.97 Å².